The predicted octanol–water partition coefficient (Wildman–Crippen LogP) is 5.59. The van der Waals surface area contributed by atoms with Crippen LogP contribution < -0.4 is 0 Å². The zero-order valence-corrected chi connectivity index (χ0v) is 11.8. The van der Waals surface area contributed by atoms with E-state index in [0.717, 1.165) is 5.02 Å². The summed E-state index contributed by atoms with van der Waals surface area (Å²) in [5.41, 5.74) is 2.44. The van der Waals surface area contributed by atoms with Crippen LogP contribution in [0.15, 0.2) is 60.7 Å². The van der Waals surface area contributed by atoms with Gasteiger partial charge in [0.15, 0.2) is 0 Å². The highest BCUT2D eigenvalue weighted by atomic mass is 35.5. The molecule has 0 bridgehead atoms. The van der Waals surface area contributed by atoms with Gasteiger partial charge >= 0.3 is 0 Å². The number of rotatable bonds is 2. The Kier molecular flexibility index (Phi) is 7.24. The molecular weight excluding hydrogens is 263 g/mol. The summed E-state index contributed by atoms with van der Waals surface area (Å²) in [6.45, 7) is 2.04. The summed E-state index contributed by atoms with van der Waals surface area (Å²) in [6, 6.07) is 17.9. The van der Waals surface area contributed by atoms with Crippen LogP contribution in [0.4, 0.5) is 0 Å². The standard InChI is InChI=1S/C9H9Cl.C7H7Cl/c10-8-4-7-9-5-2-1-3-6-9;1-6-2-4-7(8)5-3-6/h1-7H,8H2;2-5H,1H3. The third-order valence-electron chi connectivity index (χ3n) is 2.21. The molecule has 0 spiro atoms. The van der Waals surface area contributed by atoms with Crippen LogP contribution in [0.2, 0.25) is 5.02 Å². The van der Waals surface area contributed by atoms with Crippen LogP contribution in [0, 0.1) is 6.92 Å². The highest BCUT2D eigenvalue weighted by Gasteiger charge is 1.82. The number of alkyl halides is 1. The van der Waals surface area contributed by atoms with E-state index in [1.807, 2.05) is 73.7 Å². The third-order valence-corrected chi connectivity index (χ3v) is 2.64. The van der Waals surface area contributed by atoms with E-state index in [1.54, 1.807) is 0 Å². The fourth-order valence-electron chi connectivity index (χ4n) is 1.28. The Morgan fingerprint density at radius 2 is 1.56 bits per heavy atom. The van der Waals surface area contributed by atoms with Crippen molar-refractivity contribution in [1.29, 1.82) is 0 Å². The summed E-state index contributed by atoms with van der Waals surface area (Å²) in [5, 5.41) is 0.801. The van der Waals surface area contributed by atoms with Gasteiger partial charge in [-0.25, -0.2) is 0 Å². The second-order valence-electron chi connectivity index (χ2n) is 3.76. The fraction of sp³-hybridized carbons (Fsp3) is 0.125. The van der Waals surface area contributed by atoms with Gasteiger partial charge in [0, 0.05) is 10.9 Å². The van der Waals surface area contributed by atoms with E-state index in [2.05, 4.69) is 0 Å². The van der Waals surface area contributed by atoms with Crippen LogP contribution in [0.1, 0.15) is 11.1 Å². The van der Waals surface area contributed by atoms with Crippen molar-refractivity contribution in [2.75, 3.05) is 5.88 Å². The Morgan fingerprint density at radius 1 is 0.944 bits per heavy atom. The lowest BCUT2D eigenvalue weighted by Gasteiger charge is -1.88. The number of benzene rings is 2. The monoisotopic (exact) mass is 278 g/mol. The minimum Gasteiger partial charge on any atom is -0.122 e. The van der Waals surface area contributed by atoms with Gasteiger partial charge in [-0.2, -0.15) is 0 Å². The van der Waals surface area contributed by atoms with Crippen LogP contribution in [-0.2, 0) is 0 Å². The van der Waals surface area contributed by atoms with Crippen molar-refractivity contribution in [2.24, 2.45) is 0 Å². The first kappa shape index (κ1) is 14.8. The van der Waals surface area contributed by atoms with Gasteiger partial charge in [0.2, 0.25) is 0 Å². The lowest BCUT2D eigenvalue weighted by molar-refractivity contribution is 1.48. The zero-order chi connectivity index (χ0) is 13.2. The molecule has 0 heterocycles. The van der Waals surface area contributed by atoms with Crippen molar-refractivity contribution >= 4 is 29.3 Å². The van der Waals surface area contributed by atoms with Crippen molar-refractivity contribution in [3.63, 3.8) is 0 Å². The van der Waals surface area contributed by atoms with Gasteiger partial charge in [-0.3, -0.25) is 0 Å². The van der Waals surface area contributed by atoms with E-state index in [1.165, 1.54) is 11.1 Å². The summed E-state index contributed by atoms with van der Waals surface area (Å²) in [6.07, 6.45) is 3.93. The average Bonchev–Trinajstić information content (AvgIpc) is 2.42. The SMILES string of the molecule is Cc1ccc(Cl)cc1.ClCC=Cc1ccccc1. The number of hydrogen-bond donors (Lipinski definition) is 0. The van der Waals surface area contributed by atoms with Crippen molar-refractivity contribution in [1.82, 2.24) is 0 Å². The molecule has 18 heavy (non-hydrogen) atoms. The summed E-state index contributed by atoms with van der Waals surface area (Å²) in [7, 11) is 0. The molecule has 2 heteroatoms. The van der Waals surface area contributed by atoms with Gasteiger partial charge < -0.3 is 0 Å². The molecule has 94 valence electrons. The molecule has 0 fully saturated rings. The smallest absolute Gasteiger partial charge is 0.0407 e. The van der Waals surface area contributed by atoms with Crippen LogP contribution in [-0.4, -0.2) is 5.88 Å². The molecule has 0 amide bonds. The highest BCUT2D eigenvalue weighted by Crippen LogP contribution is 2.07. The first-order valence-electron chi connectivity index (χ1n) is 5.72. The lowest BCUT2D eigenvalue weighted by atomic mass is 10.2. The van der Waals surface area contributed by atoms with Crippen LogP contribution in [0.5, 0.6) is 0 Å². The van der Waals surface area contributed by atoms with Crippen molar-refractivity contribution < 1.29 is 0 Å². The molecule has 0 atom stereocenters. The van der Waals surface area contributed by atoms with E-state index < -0.39 is 0 Å². The quantitative estimate of drug-likeness (QED) is 0.629. The summed E-state index contributed by atoms with van der Waals surface area (Å²) in [5.74, 6) is 0.578. The molecule has 0 radical (unpaired) electrons. The van der Waals surface area contributed by atoms with Gasteiger partial charge in [0.05, 0.1) is 0 Å². The highest BCUT2D eigenvalue weighted by molar-refractivity contribution is 6.30. The largest absolute Gasteiger partial charge is 0.122 e. The Bertz CT molecular complexity index is 437. The molecule has 2 aromatic rings. The van der Waals surface area contributed by atoms with Gasteiger partial charge in [-0.1, -0.05) is 71.8 Å². The molecule has 0 unspecified atom stereocenters. The molecule has 0 aliphatic carbocycles. The van der Waals surface area contributed by atoms with Gasteiger partial charge in [-0.05, 0) is 24.6 Å². The molecular formula is C16H16Cl2. The van der Waals surface area contributed by atoms with Gasteiger partial charge in [-0.15, -0.1) is 11.6 Å². The van der Waals surface area contributed by atoms with E-state index in [0.29, 0.717) is 5.88 Å². The van der Waals surface area contributed by atoms with Crippen molar-refractivity contribution in [2.45, 2.75) is 6.92 Å². The zero-order valence-electron chi connectivity index (χ0n) is 10.3. The van der Waals surface area contributed by atoms with Crippen LogP contribution >= 0.6 is 23.2 Å². The van der Waals surface area contributed by atoms with Crippen molar-refractivity contribution in [3.05, 3.63) is 76.8 Å². The van der Waals surface area contributed by atoms with Gasteiger partial charge in [0.25, 0.3) is 0 Å². The average molecular weight is 279 g/mol. The molecule has 0 N–H and O–H groups in total. The second kappa shape index (κ2) is 8.79. The summed E-state index contributed by atoms with van der Waals surface area (Å²) >= 11 is 11.1. The second-order valence-corrected chi connectivity index (χ2v) is 4.51. The molecule has 0 aliphatic rings. The minimum atomic E-state index is 0.578. The summed E-state index contributed by atoms with van der Waals surface area (Å²) < 4.78 is 0. The fourth-order valence-corrected chi connectivity index (χ4v) is 1.49. The molecule has 0 aliphatic heterocycles. The Balaban J connectivity index is 0.000000184. The van der Waals surface area contributed by atoms with Gasteiger partial charge in [0.1, 0.15) is 0 Å². The molecule has 0 nitrogen and oxygen atoms in total. The predicted molar refractivity (Wildman–Crippen MR) is 82.4 cm³/mol. The normalized spacial score (nSPS) is 9.94. The Hall–Kier alpha value is -1.24. The van der Waals surface area contributed by atoms with Crippen molar-refractivity contribution in [3.8, 4) is 0 Å². The molecule has 0 aromatic heterocycles. The van der Waals surface area contributed by atoms with E-state index in [-0.39, 0.29) is 0 Å². The first-order valence-corrected chi connectivity index (χ1v) is 6.63. The first-order chi connectivity index (χ1) is 8.72. The molecule has 0 saturated carbocycles. The maximum atomic E-state index is 5.61. The van der Waals surface area contributed by atoms with E-state index >= 15 is 0 Å². The van der Waals surface area contributed by atoms with Crippen LogP contribution in [0.25, 0.3) is 6.08 Å². The maximum Gasteiger partial charge on any atom is 0.0407 e. The number of hydrogen-bond acceptors (Lipinski definition) is 0. The lowest BCUT2D eigenvalue weighted by Crippen LogP contribution is -1.67. The molecule has 2 rings (SSSR count). The van der Waals surface area contributed by atoms with Crippen LogP contribution in [0.3, 0.4) is 0 Å². The molecule has 2 aromatic carbocycles. The van der Waals surface area contributed by atoms with E-state index in [9.17, 15) is 0 Å². The topological polar surface area (TPSA) is 0 Å². The Morgan fingerprint density at radius 3 is 2.06 bits per heavy atom. The number of halogens is 2. The number of allylic oxidation sites excluding steroid dienone is 1. The van der Waals surface area contributed by atoms with E-state index in [4.69, 9.17) is 23.2 Å². The number of aryl methyl sites for hydroxylation is 1. The Labute approximate surface area is 119 Å². The molecule has 0 saturated heterocycles. The minimum absolute atomic E-state index is 0.578. The summed E-state index contributed by atoms with van der Waals surface area (Å²) in [4.78, 5) is 0. The third kappa shape index (κ3) is 6.48. The maximum absolute atomic E-state index is 5.61.